The van der Waals surface area contributed by atoms with Crippen molar-refractivity contribution in [2.24, 2.45) is 5.73 Å². The first kappa shape index (κ1) is 10.6. The number of rotatable bonds is 4. The first-order valence-electron chi connectivity index (χ1n) is 5.07. The number of nitrogens with zero attached hydrogens (tertiary/aromatic N) is 2. The quantitative estimate of drug-likeness (QED) is 0.801. The number of nitrogens with two attached hydrogens (primary N) is 1. The predicted octanol–water partition coefficient (Wildman–Crippen LogP) is 1.02. The minimum absolute atomic E-state index is 0.263. The van der Waals surface area contributed by atoms with Gasteiger partial charge in [-0.05, 0) is 24.1 Å². The molecule has 0 aliphatic rings. The lowest BCUT2D eigenvalue weighted by Gasteiger charge is -1.98. The molecule has 2 aromatic rings. The SMILES string of the molecule is NCc1nnc(CCc2cccc(O)c2)o1. The molecule has 5 heteroatoms. The van der Waals surface area contributed by atoms with Crippen LogP contribution in [0.25, 0.3) is 0 Å². The fourth-order valence-electron chi connectivity index (χ4n) is 1.44. The largest absolute Gasteiger partial charge is 0.508 e. The van der Waals surface area contributed by atoms with Crippen LogP contribution in [0.4, 0.5) is 0 Å². The number of hydrogen-bond acceptors (Lipinski definition) is 5. The van der Waals surface area contributed by atoms with Gasteiger partial charge in [-0.2, -0.15) is 0 Å². The van der Waals surface area contributed by atoms with E-state index in [0.717, 1.165) is 12.0 Å². The van der Waals surface area contributed by atoms with Crippen molar-refractivity contribution in [1.29, 1.82) is 0 Å². The van der Waals surface area contributed by atoms with E-state index in [1.807, 2.05) is 12.1 Å². The van der Waals surface area contributed by atoms with Gasteiger partial charge in [-0.15, -0.1) is 10.2 Å². The normalized spacial score (nSPS) is 10.6. The zero-order chi connectivity index (χ0) is 11.4. The molecule has 16 heavy (non-hydrogen) atoms. The highest BCUT2D eigenvalue weighted by Crippen LogP contribution is 2.13. The lowest BCUT2D eigenvalue weighted by molar-refractivity contribution is 0.449. The fraction of sp³-hybridized carbons (Fsp3) is 0.273. The van der Waals surface area contributed by atoms with Crippen LogP contribution in [-0.2, 0) is 19.4 Å². The zero-order valence-electron chi connectivity index (χ0n) is 8.76. The molecular formula is C11H13N3O2. The van der Waals surface area contributed by atoms with Gasteiger partial charge in [0.2, 0.25) is 11.8 Å². The summed E-state index contributed by atoms with van der Waals surface area (Å²) in [6.07, 6.45) is 1.40. The Morgan fingerprint density at radius 1 is 1.19 bits per heavy atom. The number of aromatic nitrogens is 2. The van der Waals surface area contributed by atoms with E-state index in [1.54, 1.807) is 12.1 Å². The molecular weight excluding hydrogens is 206 g/mol. The Kier molecular flexibility index (Phi) is 3.16. The van der Waals surface area contributed by atoms with Crippen molar-refractivity contribution in [3.8, 4) is 5.75 Å². The molecule has 1 aromatic heterocycles. The smallest absolute Gasteiger partial charge is 0.230 e. The molecule has 0 saturated carbocycles. The molecule has 0 bridgehead atoms. The Hall–Kier alpha value is -1.88. The number of benzene rings is 1. The lowest BCUT2D eigenvalue weighted by atomic mass is 10.1. The van der Waals surface area contributed by atoms with Gasteiger partial charge in [0.1, 0.15) is 5.75 Å². The van der Waals surface area contributed by atoms with Crippen LogP contribution in [0.5, 0.6) is 5.75 Å². The maximum absolute atomic E-state index is 9.28. The Morgan fingerprint density at radius 2 is 2.00 bits per heavy atom. The summed E-state index contributed by atoms with van der Waals surface area (Å²) in [5.41, 5.74) is 6.40. The molecule has 0 radical (unpaired) electrons. The number of phenols is 1. The fourth-order valence-corrected chi connectivity index (χ4v) is 1.44. The molecule has 0 aliphatic heterocycles. The summed E-state index contributed by atoms with van der Waals surface area (Å²) in [6, 6.07) is 7.12. The first-order valence-corrected chi connectivity index (χ1v) is 5.07. The highest BCUT2D eigenvalue weighted by atomic mass is 16.4. The van der Waals surface area contributed by atoms with Crippen molar-refractivity contribution in [3.63, 3.8) is 0 Å². The lowest BCUT2D eigenvalue weighted by Crippen LogP contribution is -1.95. The topological polar surface area (TPSA) is 85.2 Å². The second-order valence-corrected chi connectivity index (χ2v) is 3.46. The van der Waals surface area contributed by atoms with Crippen LogP contribution in [-0.4, -0.2) is 15.3 Å². The molecule has 0 aliphatic carbocycles. The number of aromatic hydroxyl groups is 1. The molecule has 0 unspecified atom stereocenters. The molecule has 1 aromatic carbocycles. The number of aryl methyl sites for hydroxylation is 2. The van der Waals surface area contributed by atoms with Gasteiger partial charge in [0.25, 0.3) is 0 Å². The van der Waals surface area contributed by atoms with Gasteiger partial charge in [-0.25, -0.2) is 0 Å². The summed E-state index contributed by atoms with van der Waals surface area (Å²) in [7, 11) is 0. The molecule has 5 nitrogen and oxygen atoms in total. The van der Waals surface area contributed by atoms with E-state index in [0.29, 0.717) is 18.2 Å². The third-order valence-electron chi connectivity index (χ3n) is 2.22. The summed E-state index contributed by atoms with van der Waals surface area (Å²) < 4.78 is 5.28. The molecule has 0 fully saturated rings. The van der Waals surface area contributed by atoms with Crippen LogP contribution < -0.4 is 5.73 Å². The molecule has 84 valence electrons. The summed E-state index contributed by atoms with van der Waals surface area (Å²) in [5.74, 6) is 1.29. The van der Waals surface area contributed by atoms with Crippen molar-refractivity contribution in [2.45, 2.75) is 19.4 Å². The van der Waals surface area contributed by atoms with Crippen LogP contribution in [0.3, 0.4) is 0 Å². The maximum Gasteiger partial charge on any atom is 0.230 e. The van der Waals surface area contributed by atoms with Gasteiger partial charge < -0.3 is 15.3 Å². The minimum Gasteiger partial charge on any atom is -0.508 e. The van der Waals surface area contributed by atoms with Crippen molar-refractivity contribution < 1.29 is 9.52 Å². The third kappa shape index (κ3) is 2.58. The summed E-state index contributed by atoms with van der Waals surface area (Å²) in [5, 5.41) is 16.9. The highest BCUT2D eigenvalue weighted by Gasteiger charge is 2.04. The second-order valence-electron chi connectivity index (χ2n) is 3.46. The number of hydrogen-bond donors (Lipinski definition) is 2. The van der Waals surface area contributed by atoms with E-state index in [4.69, 9.17) is 10.2 Å². The predicted molar refractivity (Wildman–Crippen MR) is 57.7 cm³/mol. The molecule has 0 saturated heterocycles. The van der Waals surface area contributed by atoms with E-state index >= 15 is 0 Å². The standard InChI is InChI=1S/C11H13N3O2/c12-7-11-14-13-10(16-11)5-4-8-2-1-3-9(15)6-8/h1-3,6,15H,4-5,7,12H2. The first-order chi connectivity index (χ1) is 7.78. The van der Waals surface area contributed by atoms with Gasteiger partial charge >= 0.3 is 0 Å². The van der Waals surface area contributed by atoms with E-state index in [1.165, 1.54) is 0 Å². The molecule has 3 N–H and O–H groups in total. The van der Waals surface area contributed by atoms with Gasteiger partial charge in [-0.1, -0.05) is 12.1 Å². The highest BCUT2D eigenvalue weighted by molar-refractivity contribution is 5.27. The average Bonchev–Trinajstić information content (AvgIpc) is 2.74. The van der Waals surface area contributed by atoms with E-state index < -0.39 is 0 Å². The van der Waals surface area contributed by atoms with Gasteiger partial charge in [0.15, 0.2) is 0 Å². The zero-order valence-corrected chi connectivity index (χ0v) is 8.76. The molecule has 1 heterocycles. The van der Waals surface area contributed by atoms with Crippen molar-refractivity contribution in [2.75, 3.05) is 0 Å². The molecule has 0 amide bonds. The van der Waals surface area contributed by atoms with Crippen LogP contribution in [0.1, 0.15) is 17.3 Å². The second kappa shape index (κ2) is 4.76. The van der Waals surface area contributed by atoms with Crippen molar-refractivity contribution in [3.05, 3.63) is 41.6 Å². The Morgan fingerprint density at radius 3 is 2.69 bits per heavy atom. The van der Waals surface area contributed by atoms with Crippen LogP contribution in [0, 0.1) is 0 Å². The van der Waals surface area contributed by atoms with Crippen LogP contribution >= 0.6 is 0 Å². The van der Waals surface area contributed by atoms with E-state index in [2.05, 4.69) is 10.2 Å². The van der Waals surface area contributed by atoms with Crippen molar-refractivity contribution >= 4 is 0 Å². The van der Waals surface area contributed by atoms with Gasteiger partial charge in [-0.3, -0.25) is 0 Å². The Balaban J connectivity index is 1.96. The summed E-state index contributed by atoms with van der Waals surface area (Å²) >= 11 is 0. The molecule has 0 spiro atoms. The molecule has 2 rings (SSSR count). The van der Waals surface area contributed by atoms with E-state index in [-0.39, 0.29) is 12.3 Å². The monoisotopic (exact) mass is 219 g/mol. The van der Waals surface area contributed by atoms with Gasteiger partial charge in [0.05, 0.1) is 6.54 Å². The summed E-state index contributed by atoms with van der Waals surface area (Å²) in [6.45, 7) is 0.263. The number of phenolic OH excluding ortho intramolecular Hbond substituents is 1. The average molecular weight is 219 g/mol. The minimum atomic E-state index is 0.263. The summed E-state index contributed by atoms with van der Waals surface area (Å²) in [4.78, 5) is 0. The molecule has 0 atom stereocenters. The Labute approximate surface area is 92.9 Å². The van der Waals surface area contributed by atoms with Crippen LogP contribution in [0.15, 0.2) is 28.7 Å². The third-order valence-corrected chi connectivity index (χ3v) is 2.22. The van der Waals surface area contributed by atoms with Gasteiger partial charge in [0, 0.05) is 6.42 Å². The Bertz CT molecular complexity index is 468. The van der Waals surface area contributed by atoms with E-state index in [9.17, 15) is 5.11 Å². The van der Waals surface area contributed by atoms with Crippen molar-refractivity contribution in [1.82, 2.24) is 10.2 Å². The maximum atomic E-state index is 9.28. The van der Waals surface area contributed by atoms with Crippen LogP contribution in [0.2, 0.25) is 0 Å².